The lowest BCUT2D eigenvalue weighted by Gasteiger charge is -2.09. The van der Waals surface area contributed by atoms with E-state index in [0.29, 0.717) is 21.6 Å². The molecule has 0 aliphatic carbocycles. The Bertz CT molecular complexity index is 896. The molecule has 0 aliphatic heterocycles. The van der Waals surface area contributed by atoms with Crippen molar-refractivity contribution >= 4 is 46.3 Å². The van der Waals surface area contributed by atoms with Crippen LogP contribution in [0.15, 0.2) is 54.9 Å². The van der Waals surface area contributed by atoms with Crippen LogP contribution in [0.3, 0.4) is 0 Å². The number of halogens is 2. The van der Waals surface area contributed by atoms with E-state index in [2.05, 4.69) is 20.6 Å². The van der Waals surface area contributed by atoms with E-state index in [1.165, 1.54) is 12.4 Å². The Balaban J connectivity index is 1.70. The highest BCUT2D eigenvalue weighted by atomic mass is 35.5. The molecule has 1 aromatic heterocycles. The van der Waals surface area contributed by atoms with Gasteiger partial charge in [0.15, 0.2) is 0 Å². The van der Waals surface area contributed by atoms with E-state index in [9.17, 15) is 4.79 Å². The van der Waals surface area contributed by atoms with Gasteiger partial charge < -0.3 is 10.6 Å². The van der Waals surface area contributed by atoms with Gasteiger partial charge in [0.05, 0.1) is 12.4 Å². The normalized spacial score (nSPS) is 10.4. The highest BCUT2D eigenvalue weighted by Gasteiger charge is 2.09. The minimum atomic E-state index is -0.347. The van der Waals surface area contributed by atoms with Crippen molar-refractivity contribution in [1.29, 1.82) is 0 Å². The lowest BCUT2D eigenvalue weighted by Crippen LogP contribution is -2.14. The minimum Gasteiger partial charge on any atom is -0.339 e. The Kier molecular flexibility index (Phi) is 5.16. The first-order valence-corrected chi connectivity index (χ1v) is 8.19. The zero-order chi connectivity index (χ0) is 17.8. The van der Waals surface area contributed by atoms with E-state index in [-0.39, 0.29) is 11.6 Å². The number of aryl methyl sites for hydroxylation is 1. The number of carbonyl (C=O) groups is 1. The molecule has 1 heterocycles. The quantitative estimate of drug-likeness (QED) is 0.669. The number of amides is 1. The lowest BCUT2D eigenvalue weighted by atomic mass is 10.2. The van der Waals surface area contributed by atoms with Crippen LogP contribution in [-0.2, 0) is 0 Å². The number of aromatic nitrogens is 2. The molecule has 126 valence electrons. The molecule has 0 bridgehead atoms. The van der Waals surface area contributed by atoms with Gasteiger partial charge in [0.1, 0.15) is 11.5 Å². The molecular weight excluding hydrogens is 359 g/mol. The van der Waals surface area contributed by atoms with Crippen molar-refractivity contribution in [2.24, 2.45) is 0 Å². The standard InChI is InChI=1S/C18H14Cl2N4O/c1-11-2-3-13(20)8-15(11)24-17-10-21-16(9-22-17)18(25)23-14-6-4-12(19)5-7-14/h2-10H,1H3,(H,22,24)(H,23,25). The molecule has 0 radical (unpaired) electrons. The number of anilines is 3. The average Bonchev–Trinajstić information content (AvgIpc) is 2.61. The highest BCUT2D eigenvalue weighted by Crippen LogP contribution is 2.23. The third-order valence-corrected chi connectivity index (χ3v) is 3.94. The van der Waals surface area contributed by atoms with Crippen molar-refractivity contribution in [2.45, 2.75) is 6.92 Å². The highest BCUT2D eigenvalue weighted by molar-refractivity contribution is 6.31. The van der Waals surface area contributed by atoms with Gasteiger partial charge in [0.2, 0.25) is 0 Å². The van der Waals surface area contributed by atoms with Crippen LogP contribution in [0.25, 0.3) is 0 Å². The van der Waals surface area contributed by atoms with Gasteiger partial charge in [-0.1, -0.05) is 29.3 Å². The predicted molar refractivity (Wildman–Crippen MR) is 101 cm³/mol. The van der Waals surface area contributed by atoms with E-state index in [0.717, 1.165) is 11.3 Å². The molecule has 7 heteroatoms. The number of benzene rings is 2. The smallest absolute Gasteiger partial charge is 0.275 e. The summed E-state index contributed by atoms with van der Waals surface area (Å²) in [6, 6.07) is 12.4. The second-order valence-corrected chi connectivity index (χ2v) is 6.21. The number of nitrogens with one attached hydrogen (secondary N) is 2. The topological polar surface area (TPSA) is 66.9 Å². The SMILES string of the molecule is Cc1ccc(Cl)cc1Nc1cnc(C(=O)Nc2ccc(Cl)cc2)cn1. The number of hydrogen-bond donors (Lipinski definition) is 2. The first-order chi connectivity index (χ1) is 12.0. The van der Waals surface area contributed by atoms with Crippen molar-refractivity contribution in [2.75, 3.05) is 10.6 Å². The lowest BCUT2D eigenvalue weighted by molar-refractivity contribution is 0.102. The van der Waals surface area contributed by atoms with E-state index in [1.807, 2.05) is 19.1 Å². The molecule has 2 N–H and O–H groups in total. The Morgan fingerprint density at radius 2 is 1.68 bits per heavy atom. The Labute approximate surface area is 155 Å². The third kappa shape index (κ3) is 4.47. The molecule has 0 saturated heterocycles. The summed E-state index contributed by atoms with van der Waals surface area (Å²) >= 11 is 11.8. The fraction of sp³-hybridized carbons (Fsp3) is 0.0556. The monoisotopic (exact) mass is 372 g/mol. The average molecular weight is 373 g/mol. The first-order valence-electron chi connectivity index (χ1n) is 7.43. The predicted octanol–water partition coefficient (Wildman–Crippen LogP) is 5.09. The van der Waals surface area contributed by atoms with Gasteiger partial charge in [0.25, 0.3) is 5.91 Å². The van der Waals surface area contributed by atoms with Crippen LogP contribution < -0.4 is 10.6 Å². The molecule has 1 amide bonds. The number of hydrogen-bond acceptors (Lipinski definition) is 4. The Morgan fingerprint density at radius 3 is 2.36 bits per heavy atom. The second-order valence-electron chi connectivity index (χ2n) is 5.33. The van der Waals surface area contributed by atoms with Crippen LogP contribution >= 0.6 is 23.2 Å². The summed E-state index contributed by atoms with van der Waals surface area (Å²) in [6.45, 7) is 1.96. The van der Waals surface area contributed by atoms with Crippen molar-refractivity contribution in [3.8, 4) is 0 Å². The van der Waals surface area contributed by atoms with Crippen LogP contribution in [0.4, 0.5) is 17.2 Å². The van der Waals surface area contributed by atoms with Crippen molar-refractivity contribution in [3.05, 3.63) is 76.2 Å². The molecule has 0 atom stereocenters. The van der Waals surface area contributed by atoms with Crippen molar-refractivity contribution < 1.29 is 4.79 Å². The molecular formula is C18H14Cl2N4O. The zero-order valence-electron chi connectivity index (χ0n) is 13.3. The molecule has 0 fully saturated rings. The van der Waals surface area contributed by atoms with Gasteiger partial charge in [-0.3, -0.25) is 4.79 Å². The second kappa shape index (κ2) is 7.51. The summed E-state index contributed by atoms with van der Waals surface area (Å²) in [5, 5.41) is 7.09. The van der Waals surface area contributed by atoms with Gasteiger partial charge in [-0.05, 0) is 48.9 Å². The maximum atomic E-state index is 12.2. The molecule has 2 aromatic carbocycles. The Hall–Kier alpha value is -2.63. The molecule has 0 saturated carbocycles. The van der Waals surface area contributed by atoms with Crippen LogP contribution in [0, 0.1) is 6.92 Å². The molecule has 0 unspecified atom stereocenters. The number of carbonyl (C=O) groups excluding carboxylic acids is 1. The van der Waals surface area contributed by atoms with Gasteiger partial charge in [-0.25, -0.2) is 9.97 Å². The van der Waals surface area contributed by atoms with Gasteiger partial charge >= 0.3 is 0 Å². The first kappa shape index (κ1) is 17.2. The summed E-state index contributed by atoms with van der Waals surface area (Å²) < 4.78 is 0. The van der Waals surface area contributed by atoms with Crippen LogP contribution in [0.2, 0.25) is 10.0 Å². The molecule has 3 rings (SSSR count). The summed E-state index contributed by atoms with van der Waals surface area (Å²) in [7, 11) is 0. The maximum Gasteiger partial charge on any atom is 0.275 e. The molecule has 5 nitrogen and oxygen atoms in total. The summed E-state index contributed by atoms with van der Waals surface area (Å²) in [4.78, 5) is 20.6. The number of rotatable bonds is 4. The third-order valence-electron chi connectivity index (χ3n) is 3.45. The number of nitrogens with zero attached hydrogens (tertiary/aromatic N) is 2. The van der Waals surface area contributed by atoms with Crippen molar-refractivity contribution in [3.63, 3.8) is 0 Å². The fourth-order valence-corrected chi connectivity index (χ4v) is 2.40. The molecule has 25 heavy (non-hydrogen) atoms. The summed E-state index contributed by atoms with van der Waals surface area (Å²) in [5.41, 5.74) is 2.70. The van der Waals surface area contributed by atoms with E-state index >= 15 is 0 Å². The largest absolute Gasteiger partial charge is 0.339 e. The fourth-order valence-electron chi connectivity index (χ4n) is 2.11. The molecule has 0 spiro atoms. The van der Waals surface area contributed by atoms with Gasteiger partial charge in [0, 0.05) is 21.4 Å². The maximum absolute atomic E-state index is 12.2. The zero-order valence-corrected chi connectivity index (χ0v) is 14.8. The minimum absolute atomic E-state index is 0.211. The van der Waals surface area contributed by atoms with Crippen LogP contribution in [0.1, 0.15) is 16.1 Å². The molecule has 0 aliphatic rings. The Morgan fingerprint density at radius 1 is 0.960 bits per heavy atom. The van der Waals surface area contributed by atoms with Gasteiger partial charge in [-0.2, -0.15) is 0 Å². The van der Waals surface area contributed by atoms with E-state index < -0.39 is 0 Å². The molecule has 3 aromatic rings. The summed E-state index contributed by atoms with van der Waals surface area (Å²) in [5.74, 6) is 0.175. The van der Waals surface area contributed by atoms with E-state index in [4.69, 9.17) is 23.2 Å². The van der Waals surface area contributed by atoms with Crippen molar-refractivity contribution in [1.82, 2.24) is 9.97 Å². The summed E-state index contributed by atoms with van der Waals surface area (Å²) in [6.07, 6.45) is 2.91. The van der Waals surface area contributed by atoms with Crippen LogP contribution in [-0.4, -0.2) is 15.9 Å². The van der Waals surface area contributed by atoms with Crippen LogP contribution in [0.5, 0.6) is 0 Å². The van der Waals surface area contributed by atoms with E-state index in [1.54, 1.807) is 30.3 Å². The van der Waals surface area contributed by atoms with Gasteiger partial charge in [-0.15, -0.1) is 0 Å².